The lowest BCUT2D eigenvalue weighted by Gasteiger charge is -2.26. The third-order valence-corrected chi connectivity index (χ3v) is 7.01. The molecule has 6 heteroatoms. The van der Waals surface area contributed by atoms with Crippen molar-refractivity contribution in [1.82, 2.24) is 0 Å². The fraction of sp³-hybridized carbons (Fsp3) is 0.229. The highest BCUT2D eigenvalue weighted by molar-refractivity contribution is 6.00. The van der Waals surface area contributed by atoms with Crippen LogP contribution in [0.15, 0.2) is 103 Å². The molecule has 4 rings (SSSR count). The maximum atomic E-state index is 12.5. The van der Waals surface area contributed by atoms with Gasteiger partial charge in [0.05, 0.1) is 6.42 Å². The number of ketones is 1. The Hall–Kier alpha value is -4.71. The lowest BCUT2D eigenvalue weighted by atomic mass is 9.78. The number of benzene rings is 4. The molecule has 41 heavy (non-hydrogen) atoms. The van der Waals surface area contributed by atoms with Crippen LogP contribution in [0.25, 0.3) is 0 Å². The van der Waals surface area contributed by atoms with Gasteiger partial charge in [-0.2, -0.15) is 0 Å². The van der Waals surface area contributed by atoms with Crippen LogP contribution in [-0.2, 0) is 19.7 Å². The first-order valence-corrected chi connectivity index (χ1v) is 13.7. The van der Waals surface area contributed by atoms with Crippen LogP contribution in [0.3, 0.4) is 0 Å². The molecule has 1 atom stereocenters. The highest BCUT2D eigenvalue weighted by Crippen LogP contribution is 2.33. The summed E-state index contributed by atoms with van der Waals surface area (Å²) in [7, 11) is 0. The Bertz CT molecular complexity index is 1470. The van der Waals surface area contributed by atoms with Crippen molar-refractivity contribution in [3.05, 3.63) is 125 Å². The Morgan fingerprint density at radius 1 is 0.732 bits per heavy atom. The average molecular weight is 550 g/mol. The van der Waals surface area contributed by atoms with Crippen molar-refractivity contribution >= 4 is 23.3 Å². The number of rotatable bonds is 11. The van der Waals surface area contributed by atoms with Gasteiger partial charge in [0.25, 0.3) is 0 Å². The van der Waals surface area contributed by atoms with E-state index in [0.717, 1.165) is 5.56 Å². The van der Waals surface area contributed by atoms with Crippen molar-refractivity contribution in [1.29, 1.82) is 0 Å². The number of anilines is 1. The molecular weight excluding hydrogens is 514 g/mol. The van der Waals surface area contributed by atoms with Crippen LogP contribution in [0.5, 0.6) is 11.5 Å². The van der Waals surface area contributed by atoms with Gasteiger partial charge in [0, 0.05) is 23.1 Å². The maximum absolute atomic E-state index is 12.5. The molecule has 0 spiro atoms. The zero-order valence-corrected chi connectivity index (χ0v) is 23.8. The summed E-state index contributed by atoms with van der Waals surface area (Å²) in [5.74, 6) is 0.133. The fourth-order valence-electron chi connectivity index (χ4n) is 4.40. The lowest BCUT2D eigenvalue weighted by Crippen LogP contribution is -2.25. The van der Waals surface area contributed by atoms with E-state index in [4.69, 9.17) is 9.47 Å². The average Bonchev–Trinajstić information content (AvgIpc) is 2.98. The number of ether oxygens (including phenoxy) is 2. The largest absolute Gasteiger partial charge is 0.457 e. The summed E-state index contributed by atoms with van der Waals surface area (Å²) in [6.07, 6.45) is -1.11. The van der Waals surface area contributed by atoms with Gasteiger partial charge in [-0.25, -0.2) is 0 Å². The first-order valence-electron chi connectivity index (χ1n) is 13.7. The minimum atomic E-state index is -0.924. The van der Waals surface area contributed by atoms with Crippen molar-refractivity contribution < 1.29 is 23.9 Å². The van der Waals surface area contributed by atoms with E-state index in [0.29, 0.717) is 22.7 Å². The van der Waals surface area contributed by atoms with Crippen LogP contribution in [-0.4, -0.2) is 23.8 Å². The molecule has 6 nitrogen and oxygen atoms in total. The molecule has 210 valence electrons. The van der Waals surface area contributed by atoms with Crippen molar-refractivity contribution in [3.63, 3.8) is 0 Å². The molecule has 1 amide bonds. The van der Waals surface area contributed by atoms with Gasteiger partial charge < -0.3 is 14.8 Å². The molecule has 4 aromatic carbocycles. The number of esters is 1. The van der Waals surface area contributed by atoms with Crippen LogP contribution in [0.2, 0.25) is 0 Å². The number of hydrogen-bond acceptors (Lipinski definition) is 5. The van der Waals surface area contributed by atoms with E-state index in [1.165, 1.54) is 18.1 Å². The molecule has 0 fully saturated rings. The smallest absolute Gasteiger partial charge is 0.307 e. The first-order chi connectivity index (χ1) is 19.6. The predicted molar refractivity (Wildman–Crippen MR) is 160 cm³/mol. The Kier molecular flexibility index (Phi) is 9.35. The Balaban J connectivity index is 1.23. The summed E-state index contributed by atoms with van der Waals surface area (Å²) in [4.78, 5) is 37.0. The number of aryl methyl sites for hydroxylation is 1. The van der Waals surface area contributed by atoms with Crippen molar-refractivity contribution in [2.75, 3.05) is 5.32 Å². The lowest BCUT2D eigenvalue weighted by molar-refractivity contribution is -0.147. The van der Waals surface area contributed by atoms with E-state index in [1.807, 2.05) is 49.4 Å². The van der Waals surface area contributed by atoms with Crippen LogP contribution in [0.4, 0.5) is 5.69 Å². The molecule has 1 N–H and O–H groups in total. The van der Waals surface area contributed by atoms with E-state index in [2.05, 4.69) is 43.4 Å². The highest BCUT2D eigenvalue weighted by atomic mass is 16.5. The number of nitrogens with one attached hydrogen (secondary N) is 1. The summed E-state index contributed by atoms with van der Waals surface area (Å²) in [6, 6.07) is 32.5. The maximum Gasteiger partial charge on any atom is 0.307 e. The first kappa shape index (κ1) is 29.3. The summed E-state index contributed by atoms with van der Waals surface area (Å²) >= 11 is 0. The van der Waals surface area contributed by atoms with E-state index < -0.39 is 12.1 Å². The molecule has 1 unspecified atom stereocenters. The Morgan fingerprint density at radius 2 is 1.29 bits per heavy atom. The van der Waals surface area contributed by atoms with Crippen LogP contribution >= 0.6 is 0 Å². The molecule has 0 saturated heterocycles. The van der Waals surface area contributed by atoms with Gasteiger partial charge in [0.1, 0.15) is 11.5 Å². The molecule has 0 bridgehead atoms. The summed E-state index contributed by atoms with van der Waals surface area (Å²) in [5.41, 5.74) is 4.39. The Labute approximate surface area is 241 Å². The molecular formula is C35H35NO5. The minimum Gasteiger partial charge on any atom is -0.457 e. The zero-order chi connectivity index (χ0) is 29.4. The van der Waals surface area contributed by atoms with Crippen LogP contribution < -0.4 is 10.1 Å². The summed E-state index contributed by atoms with van der Waals surface area (Å²) in [5, 5.41) is 2.77. The second-order valence-electron chi connectivity index (χ2n) is 10.6. The van der Waals surface area contributed by atoms with Gasteiger partial charge in [-0.3, -0.25) is 14.4 Å². The molecule has 0 aromatic heterocycles. The van der Waals surface area contributed by atoms with Gasteiger partial charge in [-0.1, -0.05) is 86.1 Å². The SMILES string of the molecule is Cc1ccc(C(=O)C(C)OC(=O)CCC(=O)Nc2ccc(Oc3ccc(C(C)(C)c4ccccc4)cc3)cc2)cc1. The molecule has 0 aliphatic rings. The molecule has 0 radical (unpaired) electrons. The summed E-state index contributed by atoms with van der Waals surface area (Å²) < 4.78 is 11.2. The van der Waals surface area contributed by atoms with Gasteiger partial charge >= 0.3 is 5.97 Å². The third-order valence-electron chi connectivity index (χ3n) is 7.01. The molecule has 0 aliphatic carbocycles. The van der Waals surface area contributed by atoms with E-state index in [-0.39, 0.29) is 29.9 Å². The number of carbonyl (C=O) groups is 3. The monoisotopic (exact) mass is 549 g/mol. The van der Waals surface area contributed by atoms with Gasteiger partial charge in [-0.15, -0.1) is 0 Å². The fourth-order valence-corrected chi connectivity index (χ4v) is 4.40. The van der Waals surface area contributed by atoms with Crippen LogP contribution in [0, 0.1) is 6.92 Å². The second-order valence-corrected chi connectivity index (χ2v) is 10.6. The Morgan fingerprint density at radius 3 is 1.90 bits per heavy atom. The van der Waals surface area contributed by atoms with Crippen molar-refractivity contribution in [2.24, 2.45) is 0 Å². The van der Waals surface area contributed by atoms with E-state index in [9.17, 15) is 14.4 Å². The number of carbonyl (C=O) groups excluding carboxylic acids is 3. The molecule has 0 aliphatic heterocycles. The van der Waals surface area contributed by atoms with Crippen molar-refractivity contribution in [3.8, 4) is 11.5 Å². The predicted octanol–water partition coefficient (Wildman–Crippen LogP) is 7.65. The van der Waals surface area contributed by atoms with Gasteiger partial charge in [-0.05, 0) is 61.4 Å². The van der Waals surface area contributed by atoms with Crippen molar-refractivity contribution in [2.45, 2.75) is 52.1 Å². The standard InChI is InChI=1S/C35H35NO5/c1-24-10-12-26(13-11-24)34(39)25(2)40-33(38)23-22-32(37)36-29-16-20-31(21-17-29)41-30-18-14-28(15-19-30)35(3,4)27-8-6-5-7-9-27/h5-21,25H,22-23H2,1-4H3,(H,36,37). The molecule has 4 aromatic rings. The quantitative estimate of drug-likeness (QED) is 0.154. The zero-order valence-electron chi connectivity index (χ0n) is 23.8. The summed E-state index contributed by atoms with van der Waals surface area (Å²) in [6.45, 7) is 7.85. The van der Waals surface area contributed by atoms with E-state index in [1.54, 1.807) is 36.4 Å². The molecule has 0 heterocycles. The molecule has 0 saturated carbocycles. The normalized spacial score (nSPS) is 11.8. The number of amides is 1. The minimum absolute atomic E-state index is 0.0613. The second kappa shape index (κ2) is 13.1. The topological polar surface area (TPSA) is 81.7 Å². The number of hydrogen-bond donors (Lipinski definition) is 1. The van der Waals surface area contributed by atoms with Crippen LogP contribution in [0.1, 0.15) is 60.7 Å². The third kappa shape index (κ3) is 7.92. The highest BCUT2D eigenvalue weighted by Gasteiger charge is 2.23. The van der Waals surface area contributed by atoms with Gasteiger partial charge in [0.15, 0.2) is 6.10 Å². The van der Waals surface area contributed by atoms with Gasteiger partial charge in [0.2, 0.25) is 11.7 Å². The number of Topliss-reactive ketones (excluding diaryl/α,β-unsaturated/α-hetero) is 1. The van der Waals surface area contributed by atoms with E-state index >= 15 is 0 Å².